The van der Waals surface area contributed by atoms with Gasteiger partial charge in [0.05, 0.1) is 0 Å². The van der Waals surface area contributed by atoms with E-state index in [1.165, 1.54) is 12.8 Å². The molecule has 4 heteroatoms. The Kier molecular flexibility index (Phi) is 9.71. The molecule has 0 aliphatic rings. The van der Waals surface area contributed by atoms with Crippen LogP contribution in [0, 0.1) is 5.92 Å². The molecular weight excluding hydrogens is 192 g/mol. The van der Waals surface area contributed by atoms with Crippen LogP contribution in [0.15, 0.2) is 0 Å². The summed E-state index contributed by atoms with van der Waals surface area (Å²) >= 11 is 0. The zero-order valence-electron chi connectivity index (χ0n) is 9.38. The van der Waals surface area contributed by atoms with E-state index >= 15 is 0 Å². The number of hydrogen-bond donors (Lipinski definition) is 2. The molecule has 14 heavy (non-hydrogen) atoms. The van der Waals surface area contributed by atoms with Gasteiger partial charge in [-0.25, -0.2) is 0 Å². The van der Waals surface area contributed by atoms with Crippen LogP contribution in [-0.4, -0.2) is 36.2 Å². The predicted molar refractivity (Wildman–Crippen MR) is 61.2 cm³/mol. The van der Waals surface area contributed by atoms with Crippen LogP contribution in [0.4, 0.5) is 0 Å². The third-order valence-electron chi connectivity index (χ3n) is 2.31. The molecule has 83 valence electrons. The zero-order valence-corrected chi connectivity index (χ0v) is 10.4. The van der Waals surface area contributed by atoms with E-state index in [-0.39, 0.29) is 0 Å². The van der Waals surface area contributed by atoms with Crippen LogP contribution < -0.4 is 11.1 Å². The molecule has 0 aromatic rings. The molecule has 0 amide bonds. The van der Waals surface area contributed by atoms with Crippen molar-refractivity contribution in [1.29, 1.82) is 0 Å². The quantitative estimate of drug-likeness (QED) is 0.442. The predicted octanol–water partition coefficient (Wildman–Crippen LogP) is 0.830. The van der Waals surface area contributed by atoms with Crippen molar-refractivity contribution >= 4 is 10.5 Å². The molecule has 0 rings (SSSR count). The second-order valence-electron chi connectivity index (χ2n) is 3.95. The van der Waals surface area contributed by atoms with Gasteiger partial charge in [-0.2, -0.15) is 0 Å². The lowest BCUT2D eigenvalue weighted by atomic mass is 9.99. The topological polar surface area (TPSA) is 47.3 Å². The van der Waals surface area contributed by atoms with Crippen molar-refractivity contribution in [1.82, 2.24) is 5.32 Å². The molecule has 0 aliphatic carbocycles. The highest BCUT2D eigenvalue weighted by Crippen LogP contribution is 2.13. The summed E-state index contributed by atoms with van der Waals surface area (Å²) in [6.45, 7) is 7.07. The normalized spacial score (nSPS) is 15.4. The molecule has 3 N–H and O–H groups in total. The molecule has 0 aromatic heterocycles. The SMILES string of the molecule is CC(CCCNCCN)CC(C)O[Si]. The third kappa shape index (κ3) is 8.68. The van der Waals surface area contributed by atoms with Crippen LogP contribution in [0.3, 0.4) is 0 Å². The number of nitrogens with one attached hydrogen (secondary N) is 1. The molecule has 0 spiro atoms. The van der Waals surface area contributed by atoms with Gasteiger partial charge in [-0.05, 0) is 38.6 Å². The van der Waals surface area contributed by atoms with E-state index in [1.807, 2.05) is 0 Å². The van der Waals surface area contributed by atoms with E-state index in [0.29, 0.717) is 6.10 Å². The third-order valence-corrected chi connectivity index (χ3v) is 2.71. The summed E-state index contributed by atoms with van der Waals surface area (Å²) in [5.74, 6) is 0.723. The minimum absolute atomic E-state index is 0.304. The first kappa shape index (κ1) is 14.1. The largest absolute Gasteiger partial charge is 0.416 e. The lowest BCUT2D eigenvalue weighted by Crippen LogP contribution is -2.23. The smallest absolute Gasteiger partial charge is 0.246 e. The first-order chi connectivity index (χ1) is 6.70. The number of rotatable bonds is 9. The van der Waals surface area contributed by atoms with Crippen molar-refractivity contribution in [2.24, 2.45) is 11.7 Å². The molecule has 0 aromatic carbocycles. The Balaban J connectivity index is 3.22. The minimum atomic E-state index is 0.304. The fraction of sp³-hybridized carbons (Fsp3) is 1.00. The minimum Gasteiger partial charge on any atom is -0.416 e. The fourth-order valence-electron chi connectivity index (χ4n) is 1.54. The highest BCUT2D eigenvalue weighted by molar-refractivity contribution is 5.98. The van der Waals surface area contributed by atoms with Gasteiger partial charge < -0.3 is 15.5 Å². The highest BCUT2D eigenvalue weighted by Gasteiger charge is 2.06. The van der Waals surface area contributed by atoms with Gasteiger partial charge in [0, 0.05) is 19.2 Å². The number of nitrogens with two attached hydrogens (primary N) is 1. The van der Waals surface area contributed by atoms with Crippen molar-refractivity contribution < 1.29 is 4.43 Å². The van der Waals surface area contributed by atoms with Gasteiger partial charge in [-0.3, -0.25) is 0 Å². The first-order valence-corrected chi connectivity index (χ1v) is 5.84. The van der Waals surface area contributed by atoms with Gasteiger partial charge in [-0.15, -0.1) is 0 Å². The van der Waals surface area contributed by atoms with Crippen LogP contribution in [0.5, 0.6) is 0 Å². The van der Waals surface area contributed by atoms with Crippen molar-refractivity contribution in [2.75, 3.05) is 19.6 Å². The van der Waals surface area contributed by atoms with Crippen molar-refractivity contribution in [2.45, 2.75) is 39.2 Å². The van der Waals surface area contributed by atoms with Crippen molar-refractivity contribution in [3.05, 3.63) is 0 Å². The Morgan fingerprint density at radius 3 is 2.64 bits per heavy atom. The average molecular weight is 215 g/mol. The lowest BCUT2D eigenvalue weighted by Gasteiger charge is -2.16. The van der Waals surface area contributed by atoms with E-state index in [4.69, 9.17) is 10.2 Å². The number of hydrogen-bond acceptors (Lipinski definition) is 3. The van der Waals surface area contributed by atoms with E-state index in [0.717, 1.165) is 32.0 Å². The second-order valence-corrected chi connectivity index (χ2v) is 4.19. The van der Waals surface area contributed by atoms with Crippen LogP contribution in [0.25, 0.3) is 0 Å². The Morgan fingerprint density at radius 1 is 1.36 bits per heavy atom. The van der Waals surface area contributed by atoms with Gasteiger partial charge in [0.1, 0.15) is 0 Å². The van der Waals surface area contributed by atoms with Gasteiger partial charge in [0.25, 0.3) is 0 Å². The monoisotopic (exact) mass is 215 g/mol. The summed E-state index contributed by atoms with van der Waals surface area (Å²) in [5, 5.41) is 3.29. The van der Waals surface area contributed by atoms with E-state index < -0.39 is 0 Å². The molecule has 0 saturated heterocycles. The van der Waals surface area contributed by atoms with Gasteiger partial charge in [0.2, 0.25) is 10.5 Å². The van der Waals surface area contributed by atoms with Crippen LogP contribution in [0.1, 0.15) is 33.1 Å². The first-order valence-electron chi connectivity index (χ1n) is 5.43. The second kappa shape index (κ2) is 9.64. The van der Waals surface area contributed by atoms with E-state index in [9.17, 15) is 0 Å². The lowest BCUT2D eigenvalue weighted by molar-refractivity contribution is 0.202. The molecule has 0 heterocycles. The van der Waals surface area contributed by atoms with Crippen molar-refractivity contribution in [3.8, 4) is 0 Å². The summed E-state index contributed by atoms with van der Waals surface area (Å²) in [4.78, 5) is 0. The average Bonchev–Trinajstić information content (AvgIpc) is 2.17. The van der Waals surface area contributed by atoms with Crippen LogP contribution in [0.2, 0.25) is 0 Å². The molecule has 2 atom stereocenters. The summed E-state index contributed by atoms with van der Waals surface area (Å²) in [7, 11) is 3.07. The molecular formula is C10H23N2OSi. The van der Waals surface area contributed by atoms with E-state index in [2.05, 4.69) is 29.7 Å². The molecule has 3 nitrogen and oxygen atoms in total. The molecule has 0 saturated carbocycles. The summed E-state index contributed by atoms with van der Waals surface area (Å²) in [6, 6.07) is 0. The molecule has 3 radical (unpaired) electrons. The Labute approximate surface area is 91.3 Å². The molecule has 0 aliphatic heterocycles. The standard InChI is InChI=1S/C10H23N2OSi/c1-9(8-10(2)13-14)4-3-6-12-7-5-11/h9-10,12H,3-8,11H2,1-2H3. The van der Waals surface area contributed by atoms with Gasteiger partial charge >= 0.3 is 0 Å². The van der Waals surface area contributed by atoms with Crippen LogP contribution in [-0.2, 0) is 4.43 Å². The van der Waals surface area contributed by atoms with Crippen molar-refractivity contribution in [3.63, 3.8) is 0 Å². The maximum absolute atomic E-state index is 5.37. The molecule has 0 bridgehead atoms. The Bertz CT molecular complexity index is 125. The van der Waals surface area contributed by atoms with Gasteiger partial charge in [-0.1, -0.05) is 6.92 Å². The summed E-state index contributed by atoms with van der Waals surface area (Å²) < 4.78 is 5.04. The maximum Gasteiger partial charge on any atom is 0.246 e. The Morgan fingerprint density at radius 2 is 2.07 bits per heavy atom. The Hall–Kier alpha value is 0.0969. The van der Waals surface area contributed by atoms with E-state index in [1.54, 1.807) is 0 Å². The van der Waals surface area contributed by atoms with Crippen LogP contribution >= 0.6 is 0 Å². The fourth-order valence-corrected chi connectivity index (χ4v) is 1.63. The zero-order chi connectivity index (χ0) is 10.8. The molecule has 0 fully saturated rings. The summed E-state index contributed by atoms with van der Waals surface area (Å²) in [6.07, 6.45) is 3.88. The highest BCUT2D eigenvalue weighted by atomic mass is 28.2. The van der Waals surface area contributed by atoms with Gasteiger partial charge in [0.15, 0.2) is 0 Å². The maximum atomic E-state index is 5.37. The molecule has 2 unspecified atom stereocenters. The summed E-state index contributed by atoms with van der Waals surface area (Å²) in [5.41, 5.74) is 5.37.